The highest BCUT2D eigenvalue weighted by atomic mass is 16.5. The summed E-state index contributed by atoms with van der Waals surface area (Å²) >= 11 is 0. The standard InChI is InChI=1S/C14H17NO/c1-9-6-10(2)13(11(3)7-9)14(16-5)12(4)8-15/h6-7H,1-5H3/b14-12-. The van der Waals surface area contributed by atoms with Gasteiger partial charge < -0.3 is 4.74 Å². The summed E-state index contributed by atoms with van der Waals surface area (Å²) in [6, 6.07) is 6.34. The first-order valence-electron chi connectivity index (χ1n) is 5.24. The Morgan fingerprint density at radius 2 is 1.69 bits per heavy atom. The zero-order chi connectivity index (χ0) is 12.3. The molecule has 1 aromatic rings. The summed E-state index contributed by atoms with van der Waals surface area (Å²) in [5.41, 5.74) is 5.15. The van der Waals surface area contributed by atoms with Crippen LogP contribution in [0.25, 0.3) is 5.76 Å². The summed E-state index contributed by atoms with van der Waals surface area (Å²) in [6.07, 6.45) is 0. The molecule has 0 spiro atoms. The van der Waals surface area contributed by atoms with E-state index in [-0.39, 0.29) is 0 Å². The third-order valence-corrected chi connectivity index (χ3v) is 2.62. The Hall–Kier alpha value is -1.75. The Balaban J connectivity index is 3.50. The number of aryl methyl sites for hydroxylation is 3. The van der Waals surface area contributed by atoms with Gasteiger partial charge in [0.05, 0.1) is 18.8 Å². The summed E-state index contributed by atoms with van der Waals surface area (Å²) in [5, 5.41) is 8.95. The second-order valence-corrected chi connectivity index (χ2v) is 4.04. The first-order valence-corrected chi connectivity index (χ1v) is 5.24. The summed E-state index contributed by atoms with van der Waals surface area (Å²) in [4.78, 5) is 0. The van der Waals surface area contributed by atoms with Crippen molar-refractivity contribution in [1.82, 2.24) is 0 Å². The van der Waals surface area contributed by atoms with Crippen LogP contribution in [0.3, 0.4) is 0 Å². The molecule has 0 radical (unpaired) electrons. The molecule has 0 heterocycles. The fraction of sp³-hybridized carbons (Fsp3) is 0.357. The molecule has 1 rings (SSSR count). The molecule has 0 aliphatic heterocycles. The number of ether oxygens (including phenoxy) is 1. The van der Waals surface area contributed by atoms with Crippen LogP contribution in [-0.2, 0) is 4.74 Å². The van der Waals surface area contributed by atoms with E-state index in [0.717, 1.165) is 16.7 Å². The zero-order valence-electron chi connectivity index (χ0n) is 10.5. The molecule has 84 valence electrons. The fourth-order valence-electron chi connectivity index (χ4n) is 2.03. The maximum atomic E-state index is 8.95. The fourth-order valence-corrected chi connectivity index (χ4v) is 2.03. The Morgan fingerprint density at radius 1 is 1.19 bits per heavy atom. The molecule has 16 heavy (non-hydrogen) atoms. The second kappa shape index (κ2) is 4.85. The third-order valence-electron chi connectivity index (χ3n) is 2.62. The number of methoxy groups -OCH3 is 1. The molecule has 1 aromatic carbocycles. The van der Waals surface area contributed by atoms with E-state index < -0.39 is 0 Å². The van der Waals surface area contributed by atoms with Gasteiger partial charge in [0, 0.05) is 5.56 Å². The summed E-state index contributed by atoms with van der Waals surface area (Å²) in [7, 11) is 1.61. The summed E-state index contributed by atoms with van der Waals surface area (Å²) in [5.74, 6) is 0.678. The highest BCUT2D eigenvalue weighted by Gasteiger charge is 2.12. The van der Waals surface area contributed by atoms with Crippen molar-refractivity contribution < 1.29 is 4.74 Å². The van der Waals surface area contributed by atoms with Gasteiger partial charge in [0.15, 0.2) is 0 Å². The lowest BCUT2D eigenvalue weighted by atomic mass is 9.96. The molecule has 2 nitrogen and oxygen atoms in total. The van der Waals surface area contributed by atoms with Gasteiger partial charge in [0.25, 0.3) is 0 Å². The molecule has 0 aliphatic rings. The van der Waals surface area contributed by atoms with Crippen LogP contribution >= 0.6 is 0 Å². The van der Waals surface area contributed by atoms with Crippen molar-refractivity contribution in [3.8, 4) is 6.07 Å². The maximum absolute atomic E-state index is 8.95. The van der Waals surface area contributed by atoms with E-state index in [1.54, 1.807) is 14.0 Å². The van der Waals surface area contributed by atoms with Crippen LogP contribution in [0.2, 0.25) is 0 Å². The number of nitrogens with zero attached hydrogens (tertiary/aromatic N) is 1. The predicted molar refractivity (Wildman–Crippen MR) is 65.9 cm³/mol. The van der Waals surface area contributed by atoms with E-state index in [1.165, 1.54) is 5.56 Å². The molecule has 0 N–H and O–H groups in total. The minimum atomic E-state index is 0.609. The molecule has 0 unspecified atom stereocenters. The van der Waals surface area contributed by atoms with Gasteiger partial charge >= 0.3 is 0 Å². The summed E-state index contributed by atoms with van der Waals surface area (Å²) < 4.78 is 5.35. The predicted octanol–water partition coefficient (Wildman–Crippen LogP) is 3.51. The van der Waals surface area contributed by atoms with Crippen molar-refractivity contribution in [2.45, 2.75) is 27.7 Å². The number of hydrogen-bond donors (Lipinski definition) is 0. The molecule has 0 amide bonds. The number of benzene rings is 1. The maximum Gasteiger partial charge on any atom is 0.139 e. The Bertz CT molecular complexity index is 455. The number of allylic oxidation sites excluding steroid dienone is 1. The quantitative estimate of drug-likeness (QED) is 0.558. The number of rotatable bonds is 2. The molecule has 0 saturated carbocycles. The summed E-state index contributed by atoms with van der Waals surface area (Å²) in [6.45, 7) is 7.92. The third kappa shape index (κ3) is 2.25. The van der Waals surface area contributed by atoms with Gasteiger partial charge in [-0.15, -0.1) is 0 Å². The van der Waals surface area contributed by atoms with Gasteiger partial charge in [-0.3, -0.25) is 0 Å². The van der Waals surface area contributed by atoms with E-state index in [2.05, 4.69) is 25.1 Å². The van der Waals surface area contributed by atoms with Crippen LogP contribution < -0.4 is 0 Å². The van der Waals surface area contributed by atoms with Crippen molar-refractivity contribution >= 4 is 5.76 Å². The molecule has 0 bridgehead atoms. The SMILES string of the molecule is CO/C(=C(/C)C#N)c1c(C)cc(C)cc1C. The zero-order valence-corrected chi connectivity index (χ0v) is 10.5. The first kappa shape index (κ1) is 12.3. The van der Waals surface area contributed by atoms with Crippen LogP contribution in [0.5, 0.6) is 0 Å². The van der Waals surface area contributed by atoms with Crippen molar-refractivity contribution in [3.63, 3.8) is 0 Å². The van der Waals surface area contributed by atoms with Crippen molar-refractivity contribution in [1.29, 1.82) is 5.26 Å². The van der Waals surface area contributed by atoms with Gasteiger partial charge in [-0.05, 0) is 38.8 Å². The van der Waals surface area contributed by atoms with E-state index in [1.807, 2.05) is 13.8 Å². The van der Waals surface area contributed by atoms with Gasteiger partial charge in [0.1, 0.15) is 5.76 Å². The van der Waals surface area contributed by atoms with Crippen LogP contribution in [0.1, 0.15) is 29.2 Å². The lowest BCUT2D eigenvalue weighted by molar-refractivity contribution is 0.367. The van der Waals surface area contributed by atoms with E-state index >= 15 is 0 Å². The Labute approximate surface area is 97.2 Å². The molecule has 0 saturated heterocycles. The molecule has 2 heteroatoms. The van der Waals surface area contributed by atoms with Crippen molar-refractivity contribution in [2.75, 3.05) is 7.11 Å². The highest BCUT2D eigenvalue weighted by molar-refractivity contribution is 5.71. The normalized spacial score (nSPS) is 11.8. The van der Waals surface area contributed by atoms with E-state index in [4.69, 9.17) is 10.00 Å². The molecule has 0 aliphatic carbocycles. The van der Waals surface area contributed by atoms with Crippen molar-refractivity contribution in [3.05, 3.63) is 40.0 Å². The van der Waals surface area contributed by atoms with Crippen LogP contribution in [0.15, 0.2) is 17.7 Å². The molecule has 0 aromatic heterocycles. The Kier molecular flexibility index (Phi) is 3.73. The lowest BCUT2D eigenvalue weighted by Crippen LogP contribution is -1.98. The topological polar surface area (TPSA) is 33.0 Å². The smallest absolute Gasteiger partial charge is 0.139 e. The van der Waals surface area contributed by atoms with Crippen LogP contribution in [-0.4, -0.2) is 7.11 Å². The largest absolute Gasteiger partial charge is 0.495 e. The highest BCUT2D eigenvalue weighted by Crippen LogP contribution is 2.27. The van der Waals surface area contributed by atoms with Gasteiger partial charge in [-0.1, -0.05) is 17.7 Å². The first-order chi connectivity index (χ1) is 7.51. The molecule has 0 atom stereocenters. The molecular formula is C14H17NO. The van der Waals surface area contributed by atoms with Gasteiger partial charge in [-0.2, -0.15) is 5.26 Å². The Morgan fingerprint density at radius 3 is 2.06 bits per heavy atom. The van der Waals surface area contributed by atoms with Crippen LogP contribution in [0.4, 0.5) is 0 Å². The van der Waals surface area contributed by atoms with Crippen molar-refractivity contribution in [2.24, 2.45) is 0 Å². The minimum absolute atomic E-state index is 0.609. The van der Waals surface area contributed by atoms with E-state index in [9.17, 15) is 0 Å². The minimum Gasteiger partial charge on any atom is -0.495 e. The van der Waals surface area contributed by atoms with Crippen LogP contribution in [0, 0.1) is 32.1 Å². The molecular weight excluding hydrogens is 198 g/mol. The average molecular weight is 215 g/mol. The number of nitriles is 1. The van der Waals surface area contributed by atoms with Gasteiger partial charge in [-0.25, -0.2) is 0 Å². The second-order valence-electron chi connectivity index (χ2n) is 4.04. The lowest BCUT2D eigenvalue weighted by Gasteiger charge is -2.14. The number of hydrogen-bond acceptors (Lipinski definition) is 2. The van der Waals surface area contributed by atoms with Gasteiger partial charge in [0.2, 0.25) is 0 Å². The average Bonchev–Trinajstić information content (AvgIpc) is 2.22. The molecule has 0 fully saturated rings. The van der Waals surface area contributed by atoms with E-state index in [0.29, 0.717) is 11.3 Å². The monoisotopic (exact) mass is 215 g/mol.